The number of methoxy groups -OCH3 is 1. The normalized spacial score (nSPS) is 16.4. The number of aryl methyl sites for hydroxylation is 2. The van der Waals surface area contributed by atoms with Gasteiger partial charge in [0.05, 0.1) is 19.5 Å². The zero-order valence-electron chi connectivity index (χ0n) is 17.4. The number of ether oxygens (including phenoxy) is 1. The molecular formula is C21H25N5O4. The van der Waals surface area contributed by atoms with Gasteiger partial charge in [0, 0.05) is 33.6 Å². The van der Waals surface area contributed by atoms with E-state index in [4.69, 9.17) is 4.74 Å². The molecule has 1 aromatic carbocycles. The summed E-state index contributed by atoms with van der Waals surface area (Å²) in [6, 6.07) is 7.88. The zero-order valence-corrected chi connectivity index (χ0v) is 17.4. The van der Waals surface area contributed by atoms with Crippen molar-refractivity contribution in [2.45, 2.75) is 31.8 Å². The van der Waals surface area contributed by atoms with Crippen LogP contribution >= 0.6 is 0 Å². The van der Waals surface area contributed by atoms with E-state index < -0.39 is 11.2 Å². The highest BCUT2D eigenvalue weighted by Gasteiger charge is 2.29. The van der Waals surface area contributed by atoms with Crippen LogP contribution in [0.1, 0.15) is 30.9 Å². The molecule has 2 aromatic heterocycles. The molecule has 9 nitrogen and oxygen atoms in total. The third-order valence-corrected chi connectivity index (χ3v) is 5.86. The van der Waals surface area contributed by atoms with Gasteiger partial charge in [0.2, 0.25) is 5.91 Å². The van der Waals surface area contributed by atoms with E-state index in [2.05, 4.69) is 4.98 Å². The maximum atomic E-state index is 13.0. The van der Waals surface area contributed by atoms with Gasteiger partial charge in [0.25, 0.3) is 5.56 Å². The van der Waals surface area contributed by atoms with Crippen molar-refractivity contribution < 1.29 is 9.53 Å². The third-order valence-electron chi connectivity index (χ3n) is 5.86. The molecule has 1 amide bonds. The minimum absolute atomic E-state index is 0.0387. The van der Waals surface area contributed by atoms with Crippen molar-refractivity contribution in [2.24, 2.45) is 14.1 Å². The van der Waals surface area contributed by atoms with Crippen LogP contribution in [0.3, 0.4) is 0 Å². The minimum Gasteiger partial charge on any atom is -0.497 e. The Labute approximate surface area is 173 Å². The first kappa shape index (κ1) is 19.9. The summed E-state index contributed by atoms with van der Waals surface area (Å²) in [7, 11) is 4.65. The molecule has 0 spiro atoms. The zero-order chi connectivity index (χ0) is 21.4. The van der Waals surface area contributed by atoms with Crippen molar-refractivity contribution in [3.63, 3.8) is 0 Å². The highest BCUT2D eigenvalue weighted by atomic mass is 16.5. The second-order valence-electron chi connectivity index (χ2n) is 7.58. The average Bonchev–Trinajstić information content (AvgIpc) is 3.42. The van der Waals surface area contributed by atoms with Crippen molar-refractivity contribution in [3.8, 4) is 5.75 Å². The Bertz CT molecular complexity index is 1210. The highest BCUT2D eigenvalue weighted by Crippen LogP contribution is 2.33. The lowest BCUT2D eigenvalue weighted by Crippen LogP contribution is -2.37. The summed E-state index contributed by atoms with van der Waals surface area (Å²) < 4.78 is 9.28. The van der Waals surface area contributed by atoms with Crippen molar-refractivity contribution in [3.05, 3.63) is 57.0 Å². The van der Waals surface area contributed by atoms with Gasteiger partial charge in [-0.1, -0.05) is 12.1 Å². The molecule has 9 heteroatoms. The van der Waals surface area contributed by atoms with Gasteiger partial charge in [0.1, 0.15) is 5.75 Å². The Balaban J connectivity index is 1.53. The summed E-state index contributed by atoms with van der Waals surface area (Å²) in [4.78, 5) is 43.7. The summed E-state index contributed by atoms with van der Waals surface area (Å²) in [6.07, 6.45) is 3.65. The number of rotatable bonds is 5. The molecule has 0 N–H and O–H groups in total. The van der Waals surface area contributed by atoms with Gasteiger partial charge in [-0.25, -0.2) is 9.78 Å². The smallest absolute Gasteiger partial charge is 0.332 e. The van der Waals surface area contributed by atoms with E-state index >= 15 is 0 Å². The summed E-state index contributed by atoms with van der Waals surface area (Å²) in [5, 5.41) is 0. The molecule has 0 aliphatic carbocycles. The van der Waals surface area contributed by atoms with E-state index in [1.54, 1.807) is 18.7 Å². The number of carbonyl (C=O) groups is 1. The molecule has 0 saturated carbocycles. The predicted molar refractivity (Wildman–Crippen MR) is 112 cm³/mol. The first-order valence-electron chi connectivity index (χ1n) is 9.96. The van der Waals surface area contributed by atoms with Crippen LogP contribution < -0.4 is 16.0 Å². The summed E-state index contributed by atoms with van der Waals surface area (Å²) in [5.74, 6) is 0.828. The van der Waals surface area contributed by atoms with Crippen LogP contribution in [0.2, 0.25) is 0 Å². The number of amides is 1. The van der Waals surface area contributed by atoms with Crippen molar-refractivity contribution in [1.82, 2.24) is 23.6 Å². The maximum Gasteiger partial charge on any atom is 0.332 e. The standard InChI is InChI=1S/C21H25N5O4/c1-23-19-18(20(28)24(2)21(23)29)25(13-22-19)12-10-17(27)26-11-4-5-16(26)14-6-8-15(30-3)9-7-14/h6-9,13,16H,4-5,10-12H2,1-3H3/t16-/m0/s1. The lowest BCUT2D eigenvalue weighted by molar-refractivity contribution is -0.132. The molecule has 0 radical (unpaired) electrons. The largest absolute Gasteiger partial charge is 0.497 e. The number of benzene rings is 1. The minimum atomic E-state index is -0.423. The van der Waals surface area contributed by atoms with Crippen LogP contribution in [-0.2, 0) is 25.4 Å². The van der Waals surface area contributed by atoms with Gasteiger partial charge in [-0.2, -0.15) is 0 Å². The monoisotopic (exact) mass is 411 g/mol. The molecule has 3 heterocycles. The number of nitrogens with zero attached hydrogens (tertiary/aromatic N) is 5. The molecule has 1 atom stereocenters. The van der Waals surface area contributed by atoms with Crippen LogP contribution in [0.5, 0.6) is 5.75 Å². The number of hydrogen-bond acceptors (Lipinski definition) is 5. The van der Waals surface area contributed by atoms with Crippen LogP contribution in [0, 0.1) is 0 Å². The SMILES string of the molecule is COc1ccc([C@@H]2CCCN2C(=O)CCn2cnc3c2c(=O)n(C)c(=O)n3C)cc1. The molecule has 1 fully saturated rings. The first-order valence-corrected chi connectivity index (χ1v) is 9.96. The lowest BCUT2D eigenvalue weighted by atomic mass is 10.0. The Hall–Kier alpha value is -3.36. The third kappa shape index (κ3) is 3.30. The maximum absolute atomic E-state index is 13.0. The van der Waals surface area contributed by atoms with E-state index in [1.165, 1.54) is 17.9 Å². The number of aromatic nitrogens is 4. The number of likely N-dealkylation sites (tertiary alicyclic amines) is 1. The van der Waals surface area contributed by atoms with Crippen molar-refractivity contribution >= 4 is 17.1 Å². The van der Waals surface area contributed by atoms with Gasteiger partial charge in [0.15, 0.2) is 11.2 Å². The Morgan fingerprint density at radius 3 is 2.60 bits per heavy atom. The fourth-order valence-electron chi connectivity index (χ4n) is 4.16. The molecule has 1 saturated heterocycles. The molecule has 1 aliphatic rings. The van der Waals surface area contributed by atoms with E-state index in [0.717, 1.165) is 35.3 Å². The van der Waals surface area contributed by atoms with E-state index in [1.807, 2.05) is 29.2 Å². The van der Waals surface area contributed by atoms with Crippen LogP contribution in [-0.4, -0.2) is 43.1 Å². The number of imidazole rings is 1. The van der Waals surface area contributed by atoms with E-state index in [-0.39, 0.29) is 18.4 Å². The molecule has 1 aliphatic heterocycles. The molecule has 30 heavy (non-hydrogen) atoms. The summed E-state index contributed by atoms with van der Waals surface area (Å²) in [6.45, 7) is 1.05. The topological polar surface area (TPSA) is 91.4 Å². The first-order chi connectivity index (χ1) is 14.4. The van der Waals surface area contributed by atoms with Crippen molar-refractivity contribution in [2.75, 3.05) is 13.7 Å². The van der Waals surface area contributed by atoms with E-state index in [0.29, 0.717) is 17.7 Å². The quantitative estimate of drug-likeness (QED) is 0.629. The summed E-state index contributed by atoms with van der Waals surface area (Å²) in [5.41, 5.74) is 0.926. The summed E-state index contributed by atoms with van der Waals surface area (Å²) >= 11 is 0. The van der Waals surface area contributed by atoms with Crippen LogP contribution in [0.15, 0.2) is 40.2 Å². The Morgan fingerprint density at radius 2 is 1.90 bits per heavy atom. The fraction of sp³-hybridized carbons (Fsp3) is 0.429. The van der Waals surface area contributed by atoms with Gasteiger partial charge < -0.3 is 14.2 Å². The molecule has 0 unspecified atom stereocenters. The lowest BCUT2D eigenvalue weighted by Gasteiger charge is -2.25. The number of fused-ring (bicyclic) bond motifs is 1. The van der Waals surface area contributed by atoms with Gasteiger partial charge in [-0.05, 0) is 30.5 Å². The molecule has 0 bridgehead atoms. The van der Waals surface area contributed by atoms with Gasteiger partial charge in [-0.3, -0.25) is 18.7 Å². The molecule has 3 aromatic rings. The molecule has 158 valence electrons. The van der Waals surface area contributed by atoms with Gasteiger partial charge >= 0.3 is 5.69 Å². The van der Waals surface area contributed by atoms with E-state index in [9.17, 15) is 14.4 Å². The Kier molecular flexibility index (Phi) is 5.19. The Morgan fingerprint density at radius 1 is 1.17 bits per heavy atom. The molecular weight excluding hydrogens is 386 g/mol. The number of carbonyl (C=O) groups excluding carboxylic acids is 1. The van der Waals surface area contributed by atoms with Crippen LogP contribution in [0.25, 0.3) is 11.2 Å². The molecule has 4 rings (SSSR count). The van der Waals surface area contributed by atoms with Gasteiger partial charge in [-0.15, -0.1) is 0 Å². The van der Waals surface area contributed by atoms with Crippen LogP contribution in [0.4, 0.5) is 0 Å². The average molecular weight is 411 g/mol. The second kappa shape index (κ2) is 7.81. The fourth-order valence-corrected chi connectivity index (χ4v) is 4.16. The predicted octanol–water partition coefficient (Wildman–Crippen LogP) is 1.20. The second-order valence-corrected chi connectivity index (χ2v) is 7.58. The van der Waals surface area contributed by atoms with Crippen molar-refractivity contribution in [1.29, 1.82) is 0 Å². The number of hydrogen-bond donors (Lipinski definition) is 0. The highest BCUT2D eigenvalue weighted by molar-refractivity contribution is 5.77.